The number of aryl methyl sites for hydroxylation is 1. The molecule has 0 amide bonds. The molecule has 0 aliphatic carbocycles. The standard InChI is InChI=1S/C10H17N5S/c1-4-5-12-10(3,6-11)7-16-9-13-8(2)14-15-9/h12H,4-5,7H2,1-3H3,(H,13,14,15). The van der Waals surface area contributed by atoms with E-state index in [0.29, 0.717) is 10.9 Å². The van der Waals surface area contributed by atoms with Gasteiger partial charge in [0.2, 0.25) is 5.16 Å². The van der Waals surface area contributed by atoms with Crippen LogP contribution in [-0.4, -0.2) is 33.0 Å². The Bertz CT molecular complexity index is 370. The van der Waals surface area contributed by atoms with Crippen molar-refractivity contribution in [3.8, 4) is 6.07 Å². The molecule has 1 aromatic rings. The first-order chi connectivity index (χ1) is 7.59. The third kappa shape index (κ3) is 3.83. The van der Waals surface area contributed by atoms with E-state index in [1.165, 1.54) is 11.8 Å². The number of rotatable bonds is 6. The van der Waals surface area contributed by atoms with E-state index < -0.39 is 5.54 Å². The highest BCUT2D eigenvalue weighted by atomic mass is 32.2. The molecule has 1 rings (SSSR count). The first-order valence-electron chi connectivity index (χ1n) is 5.28. The van der Waals surface area contributed by atoms with E-state index in [0.717, 1.165) is 18.8 Å². The highest BCUT2D eigenvalue weighted by molar-refractivity contribution is 7.99. The molecule has 0 saturated carbocycles. The van der Waals surface area contributed by atoms with Crippen molar-refractivity contribution >= 4 is 11.8 Å². The normalized spacial score (nSPS) is 14.4. The van der Waals surface area contributed by atoms with Gasteiger partial charge in [0.25, 0.3) is 0 Å². The topological polar surface area (TPSA) is 77.4 Å². The Morgan fingerprint density at radius 3 is 2.88 bits per heavy atom. The molecule has 0 fully saturated rings. The molecule has 0 aromatic carbocycles. The van der Waals surface area contributed by atoms with Crippen molar-refractivity contribution in [3.63, 3.8) is 0 Å². The first kappa shape index (κ1) is 13.0. The first-order valence-corrected chi connectivity index (χ1v) is 6.26. The van der Waals surface area contributed by atoms with Crippen molar-refractivity contribution in [2.45, 2.75) is 37.9 Å². The Morgan fingerprint density at radius 1 is 1.62 bits per heavy atom. The van der Waals surface area contributed by atoms with E-state index in [4.69, 9.17) is 5.26 Å². The number of nitrogens with one attached hydrogen (secondary N) is 2. The Kier molecular flexibility index (Phi) is 4.77. The zero-order valence-electron chi connectivity index (χ0n) is 9.87. The fourth-order valence-corrected chi connectivity index (χ4v) is 2.02. The molecule has 1 atom stereocenters. The summed E-state index contributed by atoms with van der Waals surface area (Å²) in [6.45, 7) is 6.68. The maximum atomic E-state index is 9.12. The van der Waals surface area contributed by atoms with Gasteiger partial charge in [0.15, 0.2) is 0 Å². The summed E-state index contributed by atoms with van der Waals surface area (Å²) >= 11 is 1.48. The van der Waals surface area contributed by atoms with Crippen LogP contribution in [0.1, 0.15) is 26.1 Å². The molecule has 2 N–H and O–H groups in total. The Hall–Kier alpha value is -1.06. The van der Waals surface area contributed by atoms with Crippen LogP contribution in [0.3, 0.4) is 0 Å². The van der Waals surface area contributed by atoms with E-state index in [1.807, 2.05) is 13.8 Å². The Morgan fingerprint density at radius 2 is 2.38 bits per heavy atom. The number of thioether (sulfide) groups is 1. The zero-order valence-corrected chi connectivity index (χ0v) is 10.7. The van der Waals surface area contributed by atoms with Gasteiger partial charge < -0.3 is 0 Å². The van der Waals surface area contributed by atoms with Crippen molar-refractivity contribution in [1.29, 1.82) is 5.26 Å². The zero-order chi connectivity index (χ0) is 12.0. The molecule has 0 spiro atoms. The van der Waals surface area contributed by atoms with Gasteiger partial charge in [0.1, 0.15) is 11.4 Å². The van der Waals surface area contributed by atoms with Crippen LogP contribution in [0, 0.1) is 18.3 Å². The lowest BCUT2D eigenvalue weighted by molar-refractivity contribution is 0.493. The van der Waals surface area contributed by atoms with E-state index in [9.17, 15) is 0 Å². The average molecular weight is 239 g/mol. The maximum absolute atomic E-state index is 9.12. The summed E-state index contributed by atoms with van der Waals surface area (Å²) in [5.74, 6) is 1.43. The lowest BCUT2D eigenvalue weighted by atomic mass is 10.1. The number of aromatic amines is 1. The number of nitrogens with zero attached hydrogens (tertiary/aromatic N) is 3. The SMILES string of the molecule is CCCNC(C)(C#N)CSc1n[nH]c(C)n1. The van der Waals surface area contributed by atoms with Crippen molar-refractivity contribution in [2.24, 2.45) is 0 Å². The molecule has 0 aliphatic heterocycles. The van der Waals surface area contributed by atoms with Gasteiger partial charge in [-0.1, -0.05) is 18.7 Å². The van der Waals surface area contributed by atoms with Crippen LogP contribution in [0.15, 0.2) is 5.16 Å². The van der Waals surface area contributed by atoms with Crippen LogP contribution < -0.4 is 5.32 Å². The summed E-state index contributed by atoms with van der Waals surface area (Å²) in [7, 11) is 0. The second kappa shape index (κ2) is 5.87. The van der Waals surface area contributed by atoms with Crippen molar-refractivity contribution < 1.29 is 0 Å². The van der Waals surface area contributed by atoms with Gasteiger partial charge in [-0.2, -0.15) is 5.26 Å². The molecule has 0 radical (unpaired) electrons. The molecule has 16 heavy (non-hydrogen) atoms. The second-order valence-corrected chi connectivity index (χ2v) is 4.81. The number of aromatic nitrogens is 3. The van der Waals surface area contributed by atoms with E-state index in [2.05, 4.69) is 33.5 Å². The number of nitriles is 1. The highest BCUT2D eigenvalue weighted by Crippen LogP contribution is 2.18. The predicted octanol–water partition coefficient (Wildman–Crippen LogP) is 1.49. The molecular formula is C10H17N5S. The largest absolute Gasteiger partial charge is 0.299 e. The van der Waals surface area contributed by atoms with Gasteiger partial charge in [0.05, 0.1) is 6.07 Å². The summed E-state index contributed by atoms with van der Waals surface area (Å²) < 4.78 is 0. The van der Waals surface area contributed by atoms with Crippen LogP contribution in [0.5, 0.6) is 0 Å². The Balaban J connectivity index is 2.48. The van der Waals surface area contributed by atoms with Gasteiger partial charge >= 0.3 is 0 Å². The van der Waals surface area contributed by atoms with Gasteiger partial charge in [-0.3, -0.25) is 10.4 Å². The number of H-pyrrole nitrogens is 1. The van der Waals surface area contributed by atoms with E-state index >= 15 is 0 Å². The van der Waals surface area contributed by atoms with Crippen LogP contribution in [0.4, 0.5) is 0 Å². The quantitative estimate of drug-likeness (QED) is 0.735. The molecule has 0 aliphatic rings. The monoisotopic (exact) mass is 239 g/mol. The molecule has 88 valence electrons. The molecule has 0 bridgehead atoms. The summed E-state index contributed by atoms with van der Waals surface area (Å²) in [5, 5.41) is 19.8. The molecule has 6 heteroatoms. The van der Waals surface area contributed by atoms with E-state index in [-0.39, 0.29) is 0 Å². The van der Waals surface area contributed by atoms with E-state index in [1.54, 1.807) is 0 Å². The fraction of sp³-hybridized carbons (Fsp3) is 0.700. The van der Waals surface area contributed by atoms with Crippen molar-refractivity contribution in [2.75, 3.05) is 12.3 Å². The molecular weight excluding hydrogens is 222 g/mol. The fourth-order valence-electron chi connectivity index (χ4n) is 1.12. The summed E-state index contributed by atoms with van der Waals surface area (Å²) in [4.78, 5) is 4.19. The van der Waals surface area contributed by atoms with Crippen LogP contribution in [0.25, 0.3) is 0 Å². The lowest BCUT2D eigenvalue weighted by Gasteiger charge is -2.21. The van der Waals surface area contributed by atoms with Gasteiger partial charge in [-0.15, -0.1) is 5.10 Å². The third-order valence-electron chi connectivity index (χ3n) is 2.08. The lowest BCUT2D eigenvalue weighted by Crippen LogP contribution is -2.43. The van der Waals surface area contributed by atoms with Gasteiger partial charge in [-0.05, 0) is 26.8 Å². The van der Waals surface area contributed by atoms with Gasteiger partial charge in [0, 0.05) is 5.75 Å². The maximum Gasteiger partial charge on any atom is 0.208 e. The summed E-state index contributed by atoms with van der Waals surface area (Å²) in [5.41, 5.74) is -0.519. The minimum Gasteiger partial charge on any atom is -0.299 e. The second-order valence-electron chi connectivity index (χ2n) is 3.86. The van der Waals surface area contributed by atoms with Crippen molar-refractivity contribution in [3.05, 3.63) is 5.82 Å². The smallest absolute Gasteiger partial charge is 0.208 e. The molecule has 1 heterocycles. The predicted molar refractivity (Wildman–Crippen MR) is 64.2 cm³/mol. The Labute approximate surface area is 100 Å². The minimum atomic E-state index is -0.519. The molecule has 5 nitrogen and oxygen atoms in total. The third-order valence-corrected chi connectivity index (χ3v) is 3.24. The van der Waals surface area contributed by atoms with Crippen LogP contribution in [0.2, 0.25) is 0 Å². The molecule has 1 unspecified atom stereocenters. The average Bonchev–Trinajstić information content (AvgIpc) is 2.70. The van der Waals surface area contributed by atoms with Crippen LogP contribution in [-0.2, 0) is 0 Å². The summed E-state index contributed by atoms with van der Waals surface area (Å²) in [6, 6.07) is 2.29. The van der Waals surface area contributed by atoms with Gasteiger partial charge in [-0.25, -0.2) is 4.98 Å². The molecule has 0 saturated heterocycles. The molecule has 1 aromatic heterocycles. The van der Waals surface area contributed by atoms with Crippen molar-refractivity contribution in [1.82, 2.24) is 20.5 Å². The van der Waals surface area contributed by atoms with Crippen LogP contribution >= 0.6 is 11.8 Å². The summed E-state index contributed by atoms with van der Waals surface area (Å²) in [6.07, 6.45) is 1.02. The minimum absolute atomic E-state index is 0.519. The number of hydrogen-bond donors (Lipinski definition) is 2. The highest BCUT2D eigenvalue weighted by Gasteiger charge is 2.23. The number of hydrogen-bond acceptors (Lipinski definition) is 5.